The average Bonchev–Trinajstić information content (AvgIpc) is 3.45. The van der Waals surface area contributed by atoms with Crippen molar-refractivity contribution in [3.63, 3.8) is 0 Å². The van der Waals surface area contributed by atoms with E-state index in [2.05, 4.69) is 44.1 Å². The normalized spacial score (nSPS) is 25.3. The minimum atomic E-state index is -3.91. The van der Waals surface area contributed by atoms with Crippen molar-refractivity contribution in [2.75, 3.05) is 19.0 Å². The molecular weight excluding hydrogens is 442 g/mol. The lowest BCUT2D eigenvalue weighted by atomic mass is 9.85. The van der Waals surface area contributed by atoms with Gasteiger partial charge in [-0.25, -0.2) is 15.1 Å². The van der Waals surface area contributed by atoms with Crippen LogP contribution in [-0.4, -0.2) is 42.8 Å². The van der Waals surface area contributed by atoms with Crippen LogP contribution in [-0.2, 0) is 25.6 Å². The summed E-state index contributed by atoms with van der Waals surface area (Å²) in [5, 5.41) is 9.57. The van der Waals surface area contributed by atoms with Crippen molar-refractivity contribution in [2.24, 2.45) is 11.1 Å². The summed E-state index contributed by atoms with van der Waals surface area (Å²) in [6.45, 7) is 0.121. The van der Waals surface area contributed by atoms with E-state index in [9.17, 15) is 8.42 Å². The molecule has 1 aromatic carbocycles. The van der Waals surface area contributed by atoms with Gasteiger partial charge in [0.15, 0.2) is 0 Å². The van der Waals surface area contributed by atoms with E-state index in [0.29, 0.717) is 0 Å². The second-order valence-electron chi connectivity index (χ2n) is 8.93. The number of rotatable bonds is 7. The molecule has 10 heteroatoms. The third-order valence-corrected chi connectivity index (χ3v) is 7.40. The quantitative estimate of drug-likeness (QED) is 0.543. The van der Waals surface area contributed by atoms with Crippen LogP contribution in [0, 0.1) is 5.92 Å². The molecule has 4 atom stereocenters. The molecular formula is C23H29N5O4S. The van der Waals surface area contributed by atoms with Gasteiger partial charge < -0.3 is 14.6 Å². The van der Waals surface area contributed by atoms with Gasteiger partial charge in [0.25, 0.3) is 0 Å². The molecule has 0 unspecified atom stereocenters. The Balaban J connectivity index is 1.39. The number of hydrogen-bond donors (Lipinski definition) is 2. The lowest BCUT2D eigenvalue weighted by Crippen LogP contribution is -2.32. The number of aromatic nitrogens is 3. The molecule has 2 aromatic heterocycles. The van der Waals surface area contributed by atoms with Crippen LogP contribution in [0.15, 0.2) is 42.9 Å². The first kappa shape index (κ1) is 22.3. The second-order valence-corrected chi connectivity index (χ2v) is 10.1. The van der Waals surface area contributed by atoms with Crippen molar-refractivity contribution >= 4 is 27.2 Å². The molecule has 1 saturated carbocycles. The molecule has 33 heavy (non-hydrogen) atoms. The van der Waals surface area contributed by atoms with Crippen LogP contribution in [0.4, 0.5) is 5.82 Å². The Morgan fingerprint density at radius 3 is 2.85 bits per heavy atom. The monoisotopic (exact) mass is 471 g/mol. The molecule has 2 aliphatic rings. The van der Waals surface area contributed by atoms with Gasteiger partial charge in [-0.3, -0.25) is 4.18 Å². The van der Waals surface area contributed by atoms with E-state index in [1.807, 2.05) is 12.3 Å². The summed E-state index contributed by atoms with van der Waals surface area (Å²) in [4.78, 5) is 9.13. The van der Waals surface area contributed by atoms with Gasteiger partial charge in [-0.05, 0) is 55.2 Å². The summed E-state index contributed by atoms with van der Waals surface area (Å²) in [6.07, 6.45) is 8.26. The fraction of sp³-hybridized carbons (Fsp3) is 0.478. The van der Waals surface area contributed by atoms with Crippen LogP contribution in [0.3, 0.4) is 0 Å². The topological polar surface area (TPSA) is 121 Å². The second kappa shape index (κ2) is 9.02. The molecule has 3 N–H and O–H groups in total. The van der Waals surface area contributed by atoms with Gasteiger partial charge >= 0.3 is 10.3 Å². The number of fused-ring (bicyclic) bond motifs is 2. The summed E-state index contributed by atoms with van der Waals surface area (Å²) < 4.78 is 35.0. The number of hydrogen-bond acceptors (Lipinski definition) is 7. The average molecular weight is 472 g/mol. The van der Waals surface area contributed by atoms with E-state index in [1.165, 1.54) is 11.1 Å². The smallest absolute Gasteiger partial charge is 0.333 e. The molecule has 176 valence electrons. The number of anilines is 1. The first-order chi connectivity index (χ1) is 15.9. The van der Waals surface area contributed by atoms with E-state index in [1.54, 1.807) is 13.4 Å². The van der Waals surface area contributed by atoms with Gasteiger partial charge in [-0.2, -0.15) is 8.42 Å². The Bertz CT molecular complexity index is 1240. The Morgan fingerprint density at radius 2 is 2.03 bits per heavy atom. The maximum atomic E-state index is 11.1. The van der Waals surface area contributed by atoms with Crippen molar-refractivity contribution in [2.45, 2.75) is 50.3 Å². The fourth-order valence-electron chi connectivity index (χ4n) is 5.33. The van der Waals surface area contributed by atoms with E-state index in [0.717, 1.165) is 49.0 Å². The Morgan fingerprint density at radius 1 is 1.18 bits per heavy atom. The molecule has 2 aliphatic carbocycles. The third-order valence-electron chi connectivity index (χ3n) is 6.94. The number of nitrogens with one attached hydrogen (secondary N) is 1. The van der Waals surface area contributed by atoms with Crippen LogP contribution < -0.4 is 10.5 Å². The number of nitrogens with zero attached hydrogens (tertiary/aromatic N) is 3. The molecule has 0 amide bonds. The molecule has 0 bridgehead atoms. The van der Waals surface area contributed by atoms with Crippen molar-refractivity contribution in [3.05, 3.63) is 54.0 Å². The number of aryl methyl sites for hydroxylation is 1. The highest BCUT2D eigenvalue weighted by molar-refractivity contribution is 7.84. The zero-order valence-electron chi connectivity index (χ0n) is 18.6. The lowest BCUT2D eigenvalue weighted by molar-refractivity contribution is 0.0736. The predicted molar refractivity (Wildman–Crippen MR) is 125 cm³/mol. The first-order valence-corrected chi connectivity index (χ1v) is 12.8. The van der Waals surface area contributed by atoms with Crippen LogP contribution in [0.2, 0.25) is 0 Å². The van der Waals surface area contributed by atoms with Gasteiger partial charge in [-0.1, -0.05) is 24.3 Å². The minimum Gasteiger partial charge on any atom is -0.379 e. The Kier molecular flexibility index (Phi) is 6.09. The van der Waals surface area contributed by atoms with E-state index >= 15 is 0 Å². The largest absolute Gasteiger partial charge is 0.379 e. The van der Waals surface area contributed by atoms with Crippen LogP contribution in [0.5, 0.6) is 0 Å². The highest BCUT2D eigenvalue weighted by Crippen LogP contribution is 2.39. The summed E-state index contributed by atoms with van der Waals surface area (Å²) in [6, 6.07) is 10.8. The van der Waals surface area contributed by atoms with Crippen molar-refractivity contribution in [3.8, 4) is 0 Å². The SMILES string of the molecule is CO[C@H]1CCc2ccccc2[C@H]1Nc1ncnc2c1ccn2[C@H]1CC[C@H](COS(N)(=O)=O)C1. The van der Waals surface area contributed by atoms with Gasteiger partial charge in [0.1, 0.15) is 17.8 Å². The molecule has 2 heterocycles. The van der Waals surface area contributed by atoms with Crippen LogP contribution >= 0.6 is 0 Å². The van der Waals surface area contributed by atoms with Crippen molar-refractivity contribution in [1.29, 1.82) is 0 Å². The third kappa shape index (κ3) is 4.61. The predicted octanol–water partition coefficient (Wildman–Crippen LogP) is 3.11. The zero-order valence-corrected chi connectivity index (χ0v) is 19.4. The Labute approximate surface area is 193 Å². The van der Waals surface area contributed by atoms with E-state index < -0.39 is 10.3 Å². The molecule has 9 nitrogen and oxygen atoms in total. The number of methoxy groups -OCH3 is 1. The van der Waals surface area contributed by atoms with Gasteiger partial charge in [0.2, 0.25) is 0 Å². The maximum Gasteiger partial charge on any atom is 0.333 e. The summed E-state index contributed by atoms with van der Waals surface area (Å²) in [5.74, 6) is 0.931. The molecule has 1 fully saturated rings. The van der Waals surface area contributed by atoms with Gasteiger partial charge in [0.05, 0.1) is 24.1 Å². The summed E-state index contributed by atoms with van der Waals surface area (Å²) >= 11 is 0. The molecule has 5 rings (SSSR count). The van der Waals surface area contributed by atoms with Gasteiger partial charge in [0, 0.05) is 19.3 Å². The summed E-state index contributed by atoms with van der Waals surface area (Å²) in [7, 11) is -2.15. The fourth-order valence-corrected chi connectivity index (χ4v) is 5.71. The molecule has 0 spiro atoms. The lowest BCUT2D eigenvalue weighted by Gasteiger charge is -2.33. The standard InChI is InChI=1S/C23H29N5O4S/c1-31-20-9-7-16-4-2-3-5-18(16)21(20)27-22-19-10-11-28(23(19)26-14-25-22)17-8-6-15(12-17)13-32-33(24,29)30/h2-5,10-11,14-15,17,20-21H,6-9,12-13H2,1H3,(H2,24,29,30)(H,25,26,27)/t15-,17-,20-,21+/m0/s1. The molecule has 0 saturated heterocycles. The summed E-state index contributed by atoms with van der Waals surface area (Å²) in [5.41, 5.74) is 3.45. The maximum absolute atomic E-state index is 11.1. The van der Waals surface area contributed by atoms with Crippen LogP contribution in [0.1, 0.15) is 48.9 Å². The molecule has 3 aromatic rings. The van der Waals surface area contributed by atoms with Crippen molar-refractivity contribution < 1.29 is 17.3 Å². The Hall–Kier alpha value is -2.53. The number of ether oxygens (including phenoxy) is 1. The number of benzene rings is 1. The van der Waals surface area contributed by atoms with Crippen LogP contribution in [0.25, 0.3) is 11.0 Å². The van der Waals surface area contributed by atoms with Crippen molar-refractivity contribution in [1.82, 2.24) is 14.5 Å². The number of nitrogens with two attached hydrogens (primary N) is 1. The highest BCUT2D eigenvalue weighted by atomic mass is 32.2. The first-order valence-electron chi connectivity index (χ1n) is 11.3. The molecule has 0 radical (unpaired) electrons. The van der Waals surface area contributed by atoms with Gasteiger partial charge in [-0.15, -0.1) is 0 Å². The zero-order chi connectivity index (χ0) is 23.0. The molecule has 0 aliphatic heterocycles. The minimum absolute atomic E-state index is 0.00706. The van der Waals surface area contributed by atoms with E-state index in [4.69, 9.17) is 14.1 Å². The van der Waals surface area contributed by atoms with E-state index in [-0.39, 0.29) is 30.7 Å². The highest BCUT2D eigenvalue weighted by Gasteiger charge is 2.31.